The van der Waals surface area contributed by atoms with Crippen LogP contribution in [0.25, 0.3) is 0 Å². The Kier molecular flexibility index (Phi) is 9.22. The number of nitrogens with two attached hydrogens (primary N) is 1. The molecule has 0 saturated carbocycles. The fourth-order valence-corrected chi connectivity index (χ4v) is 2.78. The normalized spacial score (nSPS) is 12.5. The third-order valence-electron chi connectivity index (χ3n) is 4.36. The standard InChI is InChI=1S/C23H29N.C2H4/c1-17(6-5-7-20(4)24)14-21-10-12-22(13-11-21)16-23-9-8-18(2)19(3)15-23;1-2/h5-13,15,17H,14,16,24H2,1-4H3;1-2H2/b6-5-,20-7+;. The monoisotopic (exact) mass is 347 g/mol. The Morgan fingerprint density at radius 2 is 1.54 bits per heavy atom. The molecule has 1 atom stereocenters. The van der Waals surface area contributed by atoms with Crippen LogP contribution in [0, 0.1) is 19.8 Å². The third kappa shape index (κ3) is 7.57. The molecule has 2 aromatic rings. The zero-order valence-electron chi connectivity index (χ0n) is 16.8. The second-order valence-electron chi connectivity index (χ2n) is 6.89. The summed E-state index contributed by atoms with van der Waals surface area (Å²) in [6, 6.07) is 15.8. The zero-order valence-corrected chi connectivity index (χ0v) is 16.8. The molecule has 0 spiro atoms. The molecule has 1 heteroatoms. The summed E-state index contributed by atoms with van der Waals surface area (Å²) >= 11 is 0. The first-order chi connectivity index (χ1) is 12.4. The summed E-state index contributed by atoms with van der Waals surface area (Å²) in [5, 5.41) is 0. The lowest BCUT2D eigenvalue weighted by Gasteiger charge is -2.09. The largest absolute Gasteiger partial charge is 0.402 e. The molecule has 0 saturated heterocycles. The molecule has 0 fully saturated rings. The first kappa shape index (κ1) is 21.5. The van der Waals surface area contributed by atoms with E-state index in [1.54, 1.807) is 0 Å². The van der Waals surface area contributed by atoms with Crippen molar-refractivity contribution in [2.24, 2.45) is 11.7 Å². The van der Waals surface area contributed by atoms with Crippen molar-refractivity contribution in [2.45, 2.75) is 40.5 Å². The summed E-state index contributed by atoms with van der Waals surface area (Å²) in [7, 11) is 0. The minimum absolute atomic E-state index is 0.506. The van der Waals surface area contributed by atoms with Gasteiger partial charge >= 0.3 is 0 Å². The minimum Gasteiger partial charge on any atom is -0.402 e. The Morgan fingerprint density at radius 1 is 0.962 bits per heavy atom. The predicted octanol–water partition coefficient (Wildman–Crippen LogP) is 6.29. The van der Waals surface area contributed by atoms with Crippen molar-refractivity contribution in [2.75, 3.05) is 0 Å². The van der Waals surface area contributed by atoms with Gasteiger partial charge in [0.1, 0.15) is 0 Å². The first-order valence-corrected chi connectivity index (χ1v) is 9.18. The number of hydrogen-bond donors (Lipinski definition) is 1. The fourth-order valence-electron chi connectivity index (χ4n) is 2.78. The van der Waals surface area contributed by atoms with Gasteiger partial charge in [0.2, 0.25) is 0 Å². The topological polar surface area (TPSA) is 26.0 Å². The van der Waals surface area contributed by atoms with Crippen LogP contribution in [0.2, 0.25) is 0 Å². The molecule has 0 aliphatic heterocycles. The van der Waals surface area contributed by atoms with Gasteiger partial charge in [-0.3, -0.25) is 0 Å². The molecular weight excluding hydrogens is 314 g/mol. The highest BCUT2D eigenvalue weighted by Crippen LogP contribution is 2.16. The maximum atomic E-state index is 5.64. The molecule has 1 nitrogen and oxygen atoms in total. The number of hydrogen-bond acceptors (Lipinski definition) is 1. The van der Waals surface area contributed by atoms with Gasteiger partial charge in [-0.05, 0) is 73.4 Å². The summed E-state index contributed by atoms with van der Waals surface area (Å²) in [4.78, 5) is 0. The van der Waals surface area contributed by atoms with E-state index in [4.69, 9.17) is 5.73 Å². The quantitative estimate of drug-likeness (QED) is 0.482. The second-order valence-corrected chi connectivity index (χ2v) is 6.89. The highest BCUT2D eigenvalue weighted by atomic mass is 14.5. The Bertz CT molecular complexity index is 731. The Morgan fingerprint density at radius 3 is 2.12 bits per heavy atom. The van der Waals surface area contributed by atoms with E-state index in [9.17, 15) is 0 Å². The average Bonchev–Trinajstić information content (AvgIpc) is 2.61. The lowest BCUT2D eigenvalue weighted by atomic mass is 9.97. The molecule has 2 aromatic carbocycles. The number of allylic oxidation sites excluding steroid dienone is 4. The van der Waals surface area contributed by atoms with Crippen LogP contribution in [0.1, 0.15) is 41.7 Å². The van der Waals surface area contributed by atoms with Crippen LogP contribution in [-0.2, 0) is 12.8 Å². The van der Waals surface area contributed by atoms with Crippen LogP contribution in [0.5, 0.6) is 0 Å². The van der Waals surface area contributed by atoms with E-state index in [2.05, 4.69) is 82.5 Å². The molecule has 26 heavy (non-hydrogen) atoms. The summed E-state index contributed by atoms with van der Waals surface area (Å²) in [5.41, 5.74) is 13.3. The highest BCUT2D eigenvalue weighted by Gasteiger charge is 2.02. The van der Waals surface area contributed by atoms with Gasteiger partial charge in [0.25, 0.3) is 0 Å². The second kappa shape index (κ2) is 11.1. The van der Waals surface area contributed by atoms with E-state index >= 15 is 0 Å². The lowest BCUT2D eigenvalue weighted by Crippen LogP contribution is -1.97. The zero-order chi connectivity index (χ0) is 19.5. The molecule has 0 aliphatic carbocycles. The van der Waals surface area contributed by atoms with Gasteiger partial charge in [0.15, 0.2) is 0 Å². The molecule has 2 rings (SSSR count). The van der Waals surface area contributed by atoms with Crippen molar-refractivity contribution in [3.8, 4) is 0 Å². The smallest absolute Gasteiger partial charge is 0.00487 e. The van der Waals surface area contributed by atoms with Gasteiger partial charge in [-0.1, -0.05) is 61.5 Å². The van der Waals surface area contributed by atoms with Crippen LogP contribution in [0.4, 0.5) is 0 Å². The van der Waals surface area contributed by atoms with Gasteiger partial charge in [-0.25, -0.2) is 0 Å². The number of aryl methyl sites for hydroxylation is 2. The highest BCUT2D eigenvalue weighted by molar-refractivity contribution is 5.34. The van der Waals surface area contributed by atoms with Crippen LogP contribution in [-0.4, -0.2) is 0 Å². The van der Waals surface area contributed by atoms with E-state index in [1.165, 1.54) is 27.8 Å². The number of rotatable bonds is 6. The van der Waals surface area contributed by atoms with Crippen LogP contribution in [0.3, 0.4) is 0 Å². The Hall–Kier alpha value is -2.54. The lowest BCUT2D eigenvalue weighted by molar-refractivity contribution is 0.723. The van der Waals surface area contributed by atoms with E-state index in [0.29, 0.717) is 5.92 Å². The summed E-state index contributed by atoms with van der Waals surface area (Å²) in [6.45, 7) is 14.5. The Labute approximate surface area is 160 Å². The van der Waals surface area contributed by atoms with Gasteiger partial charge in [0, 0.05) is 5.70 Å². The molecule has 0 radical (unpaired) electrons. The van der Waals surface area contributed by atoms with Crippen molar-refractivity contribution in [1.82, 2.24) is 0 Å². The summed E-state index contributed by atoms with van der Waals surface area (Å²) in [5.74, 6) is 0.506. The molecule has 0 aromatic heterocycles. The third-order valence-corrected chi connectivity index (χ3v) is 4.36. The first-order valence-electron chi connectivity index (χ1n) is 9.18. The van der Waals surface area contributed by atoms with E-state index in [0.717, 1.165) is 18.5 Å². The van der Waals surface area contributed by atoms with Gasteiger partial charge in [-0.2, -0.15) is 0 Å². The summed E-state index contributed by atoms with van der Waals surface area (Å²) in [6.07, 6.45) is 8.26. The average molecular weight is 348 g/mol. The van der Waals surface area contributed by atoms with E-state index in [1.807, 2.05) is 19.1 Å². The van der Waals surface area contributed by atoms with Crippen LogP contribution >= 0.6 is 0 Å². The van der Waals surface area contributed by atoms with Crippen molar-refractivity contribution < 1.29 is 0 Å². The van der Waals surface area contributed by atoms with Crippen molar-refractivity contribution in [3.05, 3.63) is 107 Å². The maximum absolute atomic E-state index is 5.64. The van der Waals surface area contributed by atoms with Gasteiger partial charge in [0.05, 0.1) is 0 Å². The van der Waals surface area contributed by atoms with Crippen molar-refractivity contribution in [3.63, 3.8) is 0 Å². The van der Waals surface area contributed by atoms with Crippen LogP contribution < -0.4 is 5.73 Å². The SMILES string of the molecule is C/C(N)=C\C=C/C(C)Cc1ccc(Cc2ccc(C)c(C)c2)cc1.C=C. The molecule has 0 aliphatic rings. The molecular formula is C25H33N. The molecule has 0 amide bonds. The predicted molar refractivity (Wildman–Crippen MR) is 116 cm³/mol. The number of benzene rings is 2. The minimum atomic E-state index is 0.506. The molecule has 2 N–H and O–H groups in total. The van der Waals surface area contributed by atoms with Gasteiger partial charge in [-0.15, -0.1) is 13.2 Å². The molecule has 138 valence electrons. The van der Waals surface area contributed by atoms with E-state index < -0.39 is 0 Å². The van der Waals surface area contributed by atoms with E-state index in [-0.39, 0.29) is 0 Å². The Balaban J connectivity index is 0.00000163. The summed E-state index contributed by atoms with van der Waals surface area (Å²) < 4.78 is 0. The fraction of sp³-hybridized carbons (Fsp3) is 0.280. The van der Waals surface area contributed by atoms with Gasteiger partial charge < -0.3 is 5.73 Å². The molecule has 0 heterocycles. The van der Waals surface area contributed by atoms with Crippen molar-refractivity contribution >= 4 is 0 Å². The van der Waals surface area contributed by atoms with Crippen LogP contribution in [0.15, 0.2) is 79.5 Å². The molecule has 0 bridgehead atoms. The van der Waals surface area contributed by atoms with Crippen molar-refractivity contribution in [1.29, 1.82) is 0 Å². The molecule has 1 unspecified atom stereocenters. The maximum Gasteiger partial charge on any atom is 0.00487 e.